The van der Waals surface area contributed by atoms with Gasteiger partial charge in [0.05, 0.1) is 18.7 Å². The number of methoxy groups -OCH3 is 1. The minimum atomic E-state index is -0.778. The molecule has 6 nitrogen and oxygen atoms in total. The number of carbonyl (C=O) groups is 2. The van der Waals surface area contributed by atoms with Crippen LogP contribution in [-0.4, -0.2) is 48.7 Å². The molecular formula is C12H23N3O3. The van der Waals surface area contributed by atoms with Gasteiger partial charge in [-0.15, -0.1) is 0 Å². The summed E-state index contributed by atoms with van der Waals surface area (Å²) in [5.74, 6) is -0.0262. The van der Waals surface area contributed by atoms with Gasteiger partial charge in [-0.3, -0.25) is 4.79 Å². The Kier molecular flexibility index (Phi) is 4.95. The highest BCUT2D eigenvalue weighted by Gasteiger charge is 2.37. The zero-order valence-corrected chi connectivity index (χ0v) is 11.4. The highest BCUT2D eigenvalue weighted by Crippen LogP contribution is 2.19. The maximum Gasteiger partial charge on any atom is 0.407 e. The molecule has 18 heavy (non-hydrogen) atoms. The molecule has 1 unspecified atom stereocenters. The Hall–Kier alpha value is -1.30. The summed E-state index contributed by atoms with van der Waals surface area (Å²) in [7, 11) is 1.33. The Bertz CT molecular complexity index is 316. The summed E-state index contributed by atoms with van der Waals surface area (Å²) in [5.41, 5.74) is 5.31. The van der Waals surface area contributed by atoms with Crippen molar-refractivity contribution in [3.05, 3.63) is 0 Å². The first kappa shape index (κ1) is 14.8. The van der Waals surface area contributed by atoms with E-state index in [0.717, 1.165) is 6.42 Å². The van der Waals surface area contributed by atoms with Gasteiger partial charge in [0.15, 0.2) is 0 Å². The molecule has 0 saturated carbocycles. The Morgan fingerprint density at radius 2 is 2.06 bits per heavy atom. The number of carbonyl (C=O) groups excluding carboxylic acids is 2. The highest BCUT2D eigenvalue weighted by molar-refractivity contribution is 5.86. The van der Waals surface area contributed by atoms with Gasteiger partial charge in [0, 0.05) is 13.1 Å². The second-order valence-electron chi connectivity index (χ2n) is 4.74. The quantitative estimate of drug-likeness (QED) is 0.766. The van der Waals surface area contributed by atoms with E-state index in [4.69, 9.17) is 5.73 Å². The van der Waals surface area contributed by atoms with Crippen molar-refractivity contribution in [3.8, 4) is 0 Å². The van der Waals surface area contributed by atoms with Gasteiger partial charge in [0.2, 0.25) is 5.91 Å². The number of rotatable bonds is 4. The lowest BCUT2D eigenvalue weighted by atomic mass is 9.92. The fourth-order valence-corrected chi connectivity index (χ4v) is 2.16. The van der Waals surface area contributed by atoms with Crippen molar-refractivity contribution < 1.29 is 14.3 Å². The van der Waals surface area contributed by atoms with Crippen LogP contribution in [0.1, 0.15) is 33.1 Å². The smallest absolute Gasteiger partial charge is 0.407 e. The Balaban J connectivity index is 2.56. The molecule has 0 aromatic rings. The molecule has 0 radical (unpaired) electrons. The zero-order chi connectivity index (χ0) is 13.8. The summed E-state index contributed by atoms with van der Waals surface area (Å²) in [6.45, 7) is 4.97. The molecule has 0 aromatic heterocycles. The Labute approximate surface area is 108 Å². The lowest BCUT2D eigenvalue weighted by Gasteiger charge is -2.30. The third kappa shape index (κ3) is 3.13. The normalized spacial score (nSPS) is 19.8. The minimum absolute atomic E-state index is 0.0262. The van der Waals surface area contributed by atoms with Crippen LogP contribution in [0.4, 0.5) is 4.79 Å². The van der Waals surface area contributed by atoms with Crippen LogP contribution in [-0.2, 0) is 9.53 Å². The van der Waals surface area contributed by atoms with Gasteiger partial charge < -0.3 is 20.7 Å². The van der Waals surface area contributed by atoms with Crippen LogP contribution in [0.15, 0.2) is 0 Å². The molecule has 1 saturated heterocycles. The second kappa shape index (κ2) is 6.04. The van der Waals surface area contributed by atoms with Crippen LogP contribution in [0, 0.1) is 0 Å². The summed E-state index contributed by atoms with van der Waals surface area (Å²) in [5, 5.41) is 2.70. The average Bonchev–Trinajstić information content (AvgIpc) is 2.85. The predicted octanol–water partition coefficient (Wildman–Crippen LogP) is 0.461. The van der Waals surface area contributed by atoms with Gasteiger partial charge in [-0.2, -0.15) is 0 Å². The van der Waals surface area contributed by atoms with Crippen molar-refractivity contribution in [1.29, 1.82) is 0 Å². The molecule has 1 rings (SSSR count). The maximum absolute atomic E-state index is 12.3. The molecule has 3 N–H and O–H groups in total. The highest BCUT2D eigenvalue weighted by atomic mass is 16.5. The van der Waals surface area contributed by atoms with Crippen LogP contribution >= 0.6 is 0 Å². The van der Waals surface area contributed by atoms with Crippen LogP contribution in [0.5, 0.6) is 0 Å². The zero-order valence-electron chi connectivity index (χ0n) is 11.4. The SMILES string of the molecule is CCC(N)(CC)C(=O)N1CCC(NC(=O)OC)C1. The number of likely N-dealkylation sites (tertiary alicyclic amines) is 1. The van der Waals surface area contributed by atoms with Gasteiger partial charge >= 0.3 is 6.09 Å². The van der Waals surface area contributed by atoms with Crippen molar-refractivity contribution in [2.24, 2.45) is 5.73 Å². The number of nitrogens with two attached hydrogens (primary N) is 1. The molecule has 1 aliphatic heterocycles. The fraction of sp³-hybridized carbons (Fsp3) is 0.833. The number of hydrogen-bond donors (Lipinski definition) is 2. The number of ether oxygens (including phenoxy) is 1. The number of amides is 2. The molecule has 1 heterocycles. The molecule has 1 aliphatic rings. The first-order valence-corrected chi connectivity index (χ1v) is 6.39. The van der Waals surface area contributed by atoms with Crippen LogP contribution in [0.3, 0.4) is 0 Å². The van der Waals surface area contributed by atoms with Crippen molar-refractivity contribution in [2.75, 3.05) is 20.2 Å². The second-order valence-corrected chi connectivity index (χ2v) is 4.74. The van der Waals surface area contributed by atoms with E-state index in [1.807, 2.05) is 13.8 Å². The van der Waals surface area contributed by atoms with E-state index in [2.05, 4.69) is 10.1 Å². The van der Waals surface area contributed by atoms with Crippen molar-refractivity contribution in [2.45, 2.75) is 44.7 Å². The molecular weight excluding hydrogens is 234 g/mol. The molecule has 104 valence electrons. The molecule has 1 fully saturated rings. The largest absolute Gasteiger partial charge is 0.453 e. The third-order valence-corrected chi connectivity index (χ3v) is 3.67. The summed E-state index contributed by atoms with van der Waals surface area (Å²) < 4.78 is 4.54. The van der Waals surface area contributed by atoms with Gasteiger partial charge in [-0.25, -0.2) is 4.79 Å². The molecule has 0 spiro atoms. The maximum atomic E-state index is 12.3. The topological polar surface area (TPSA) is 84.7 Å². The number of hydrogen-bond acceptors (Lipinski definition) is 4. The van der Waals surface area contributed by atoms with E-state index in [1.165, 1.54) is 7.11 Å². The van der Waals surface area contributed by atoms with Gasteiger partial charge in [-0.05, 0) is 19.3 Å². The summed E-state index contributed by atoms with van der Waals surface area (Å²) >= 11 is 0. The van der Waals surface area contributed by atoms with E-state index in [-0.39, 0.29) is 11.9 Å². The van der Waals surface area contributed by atoms with Crippen molar-refractivity contribution in [1.82, 2.24) is 10.2 Å². The van der Waals surface area contributed by atoms with Gasteiger partial charge in [0.25, 0.3) is 0 Å². The third-order valence-electron chi connectivity index (χ3n) is 3.67. The molecule has 6 heteroatoms. The Morgan fingerprint density at radius 1 is 1.44 bits per heavy atom. The van der Waals surface area contributed by atoms with E-state index in [1.54, 1.807) is 4.90 Å². The lowest BCUT2D eigenvalue weighted by Crippen LogP contribution is -2.54. The van der Waals surface area contributed by atoms with Crippen molar-refractivity contribution >= 4 is 12.0 Å². The number of nitrogens with zero attached hydrogens (tertiary/aromatic N) is 1. The van der Waals surface area contributed by atoms with Crippen molar-refractivity contribution in [3.63, 3.8) is 0 Å². The van der Waals surface area contributed by atoms with Gasteiger partial charge in [0.1, 0.15) is 0 Å². The predicted molar refractivity (Wildman–Crippen MR) is 68.0 cm³/mol. The molecule has 1 atom stereocenters. The van der Waals surface area contributed by atoms with E-state index in [0.29, 0.717) is 25.9 Å². The summed E-state index contributed by atoms with van der Waals surface area (Å²) in [6.07, 6.45) is 1.52. The Morgan fingerprint density at radius 3 is 2.56 bits per heavy atom. The molecule has 2 amide bonds. The first-order chi connectivity index (χ1) is 8.46. The summed E-state index contributed by atoms with van der Waals surface area (Å²) in [6, 6.07) is -0.0423. The first-order valence-electron chi connectivity index (χ1n) is 6.39. The van der Waals surface area contributed by atoms with Crippen LogP contribution in [0.25, 0.3) is 0 Å². The van der Waals surface area contributed by atoms with E-state index in [9.17, 15) is 9.59 Å². The minimum Gasteiger partial charge on any atom is -0.453 e. The lowest BCUT2D eigenvalue weighted by molar-refractivity contribution is -0.136. The van der Waals surface area contributed by atoms with E-state index >= 15 is 0 Å². The average molecular weight is 257 g/mol. The van der Waals surface area contributed by atoms with Crippen LogP contribution in [0.2, 0.25) is 0 Å². The summed E-state index contributed by atoms with van der Waals surface area (Å²) in [4.78, 5) is 25.1. The fourth-order valence-electron chi connectivity index (χ4n) is 2.16. The standard InChI is InChI=1S/C12H23N3O3/c1-4-12(13,5-2)10(16)15-7-6-9(8-15)14-11(17)18-3/h9H,4-8,13H2,1-3H3,(H,14,17). The van der Waals surface area contributed by atoms with E-state index < -0.39 is 11.6 Å². The van der Waals surface area contributed by atoms with Gasteiger partial charge in [-0.1, -0.05) is 13.8 Å². The molecule has 0 aliphatic carbocycles. The number of nitrogens with one attached hydrogen (secondary N) is 1. The molecule has 0 aromatic carbocycles. The van der Waals surface area contributed by atoms with Crippen LogP contribution < -0.4 is 11.1 Å². The monoisotopic (exact) mass is 257 g/mol. The number of alkyl carbamates (subject to hydrolysis) is 1. The molecule has 0 bridgehead atoms.